The van der Waals surface area contributed by atoms with Crippen molar-refractivity contribution in [1.29, 1.82) is 0 Å². The fourth-order valence-electron chi connectivity index (χ4n) is 8.74. The molecule has 0 radical (unpaired) electrons. The first kappa shape index (κ1) is 27.3. The van der Waals surface area contributed by atoms with Gasteiger partial charge in [-0.2, -0.15) is 0 Å². The topological polar surface area (TPSA) is 83.1 Å². The number of halogens is 1. The highest BCUT2D eigenvalue weighted by molar-refractivity contribution is 6.20. The fraction of sp³-hybridized carbons (Fsp3) is 0.688. The molecule has 0 spiro atoms. The Hall–Kier alpha value is -2.49. The molecule has 1 amide bonds. The van der Waals surface area contributed by atoms with Gasteiger partial charge in [0.05, 0.1) is 49.1 Å². The number of alkyl halides is 1. The van der Waals surface area contributed by atoms with Gasteiger partial charge in [0.25, 0.3) is 5.91 Å². The maximum Gasteiger partial charge on any atom is 0.259 e. The van der Waals surface area contributed by atoms with Crippen LogP contribution in [0.3, 0.4) is 0 Å². The van der Waals surface area contributed by atoms with E-state index >= 15 is 4.39 Å². The summed E-state index contributed by atoms with van der Waals surface area (Å²) in [6, 6.07) is 9.37. The molecule has 1 aromatic rings. The molecule has 2 N–H and O–H groups in total. The van der Waals surface area contributed by atoms with Crippen molar-refractivity contribution < 1.29 is 23.5 Å². The number of amides is 1. The van der Waals surface area contributed by atoms with Gasteiger partial charge in [0.15, 0.2) is 5.78 Å². The van der Waals surface area contributed by atoms with Crippen LogP contribution in [0.2, 0.25) is 0 Å². The smallest absolute Gasteiger partial charge is 0.259 e. The lowest BCUT2D eigenvalue weighted by molar-refractivity contribution is -0.215. The van der Waals surface area contributed by atoms with E-state index in [1.54, 1.807) is 4.90 Å². The number of anilines is 1. The molecule has 9 atom stereocenters. The number of para-hydroxylation sites is 1. The predicted molar refractivity (Wildman–Crippen MR) is 153 cm³/mol. The van der Waals surface area contributed by atoms with Gasteiger partial charge < -0.3 is 29.9 Å². The van der Waals surface area contributed by atoms with Crippen molar-refractivity contribution >= 4 is 17.4 Å². The van der Waals surface area contributed by atoms with Crippen LogP contribution >= 0.6 is 0 Å². The molecule has 3 heterocycles. The molecular formula is C32H43FN4O4. The van der Waals surface area contributed by atoms with Gasteiger partial charge in [-0.25, -0.2) is 4.39 Å². The third-order valence-electron chi connectivity index (χ3n) is 10.6. The molecule has 0 aromatic heterocycles. The van der Waals surface area contributed by atoms with E-state index < -0.39 is 24.2 Å². The van der Waals surface area contributed by atoms with Gasteiger partial charge in [-0.1, -0.05) is 37.5 Å². The number of hydrogen-bond acceptors (Lipinski definition) is 7. The number of carbonyl (C=O) groups excluding carboxylic acids is 2. The van der Waals surface area contributed by atoms with Gasteiger partial charge in [0, 0.05) is 44.0 Å². The zero-order valence-corrected chi connectivity index (χ0v) is 23.8. The quantitative estimate of drug-likeness (QED) is 0.405. The summed E-state index contributed by atoms with van der Waals surface area (Å²) in [6.45, 7) is 3.16. The first-order valence-corrected chi connectivity index (χ1v) is 15.8. The summed E-state index contributed by atoms with van der Waals surface area (Å²) in [5.74, 6) is 0.124. The Morgan fingerprint density at radius 2 is 1.80 bits per heavy atom. The van der Waals surface area contributed by atoms with E-state index in [-0.39, 0.29) is 41.9 Å². The average molecular weight is 567 g/mol. The van der Waals surface area contributed by atoms with Gasteiger partial charge in [-0.3, -0.25) is 9.59 Å². The Labute approximate surface area is 242 Å². The van der Waals surface area contributed by atoms with E-state index in [9.17, 15) is 9.59 Å². The number of nitrogens with one attached hydrogen (secondary N) is 2. The number of benzene rings is 1. The molecule has 6 aliphatic rings. The number of hydrogen-bond donors (Lipinski definition) is 2. The molecule has 8 nitrogen and oxygen atoms in total. The summed E-state index contributed by atoms with van der Waals surface area (Å²) in [6.07, 6.45) is 7.28. The van der Waals surface area contributed by atoms with E-state index in [4.69, 9.17) is 9.47 Å². The number of Topliss-reactive ketones (excluding diaryl/α,β-unsaturated/α-hetero) is 1. The lowest BCUT2D eigenvalue weighted by Crippen LogP contribution is -2.74. The molecule has 7 rings (SSSR count). The molecule has 5 fully saturated rings. The Morgan fingerprint density at radius 1 is 1.00 bits per heavy atom. The first-order chi connectivity index (χ1) is 20.1. The zero-order chi connectivity index (χ0) is 27.9. The Bertz CT molecular complexity index is 1140. The SMILES string of the molecule is O=C1C(C(=O)N2CCOCC2)=CN2C3C(CCC4CCCCC43)OC3C(NCCNc4ccccc4)C(F)CC1C32. The van der Waals surface area contributed by atoms with E-state index in [0.29, 0.717) is 51.2 Å². The second kappa shape index (κ2) is 11.7. The van der Waals surface area contributed by atoms with Crippen molar-refractivity contribution in [1.82, 2.24) is 15.1 Å². The normalized spacial score (nSPS) is 38.3. The van der Waals surface area contributed by atoms with Crippen molar-refractivity contribution in [2.75, 3.05) is 44.7 Å². The van der Waals surface area contributed by atoms with Crippen LogP contribution in [0.1, 0.15) is 44.9 Å². The molecule has 2 saturated heterocycles. The van der Waals surface area contributed by atoms with E-state index in [0.717, 1.165) is 24.9 Å². The Kier molecular flexibility index (Phi) is 7.77. The standard InChI is InChI=1S/C32H43FN4O4/c33-25-18-23-29-31(27(25)35-13-12-34-21-7-2-1-3-8-21)41-26-11-10-20-6-4-5-9-22(20)28(26)37(29)19-24(30(23)38)32(39)36-14-16-40-17-15-36/h1-3,7-8,19-20,22-23,25-29,31,34-35H,4-6,9-18H2. The molecule has 1 aromatic carbocycles. The van der Waals surface area contributed by atoms with Crippen LogP contribution in [0, 0.1) is 17.8 Å². The van der Waals surface area contributed by atoms with Crippen LogP contribution < -0.4 is 10.6 Å². The molecular weight excluding hydrogens is 523 g/mol. The second-order valence-electron chi connectivity index (χ2n) is 12.8. The van der Waals surface area contributed by atoms with Crippen LogP contribution in [0.25, 0.3) is 0 Å². The third-order valence-corrected chi connectivity index (χ3v) is 10.6. The number of ether oxygens (including phenoxy) is 2. The van der Waals surface area contributed by atoms with Crippen molar-refractivity contribution in [3.63, 3.8) is 0 Å². The van der Waals surface area contributed by atoms with Gasteiger partial charge in [0.1, 0.15) is 6.17 Å². The maximum atomic E-state index is 16.0. The minimum absolute atomic E-state index is 0.0162. The predicted octanol–water partition coefficient (Wildman–Crippen LogP) is 3.15. The van der Waals surface area contributed by atoms with E-state index in [1.165, 1.54) is 19.3 Å². The van der Waals surface area contributed by atoms with Gasteiger partial charge >= 0.3 is 0 Å². The number of carbonyl (C=O) groups is 2. The number of morpholine rings is 2. The molecule has 9 heteroatoms. The lowest BCUT2D eigenvalue weighted by atomic mass is 9.63. The van der Waals surface area contributed by atoms with Crippen LogP contribution in [-0.2, 0) is 19.1 Å². The van der Waals surface area contributed by atoms with Crippen LogP contribution in [0.4, 0.5) is 10.1 Å². The summed E-state index contributed by atoms with van der Waals surface area (Å²) in [4.78, 5) is 31.7. The molecule has 222 valence electrons. The minimum Gasteiger partial charge on any atom is -0.384 e. The highest BCUT2D eigenvalue weighted by atomic mass is 19.1. The highest BCUT2D eigenvalue weighted by Gasteiger charge is 2.60. The number of ketones is 1. The van der Waals surface area contributed by atoms with Crippen molar-refractivity contribution in [2.24, 2.45) is 17.8 Å². The number of nitrogens with zero attached hydrogens (tertiary/aromatic N) is 2. The second-order valence-corrected chi connectivity index (χ2v) is 12.8. The lowest BCUT2D eigenvalue weighted by Gasteiger charge is -2.62. The molecule has 3 aliphatic heterocycles. The zero-order valence-electron chi connectivity index (χ0n) is 23.8. The largest absolute Gasteiger partial charge is 0.384 e. The van der Waals surface area contributed by atoms with Gasteiger partial charge in [-0.15, -0.1) is 0 Å². The van der Waals surface area contributed by atoms with Crippen molar-refractivity contribution in [3.05, 3.63) is 42.1 Å². The third kappa shape index (κ3) is 5.08. The average Bonchev–Trinajstić information content (AvgIpc) is 3.02. The van der Waals surface area contributed by atoms with Crippen LogP contribution in [-0.4, -0.2) is 97.4 Å². The Balaban J connectivity index is 1.17. The number of fused-ring (bicyclic) bond motifs is 4. The fourth-order valence-corrected chi connectivity index (χ4v) is 8.74. The van der Waals surface area contributed by atoms with Crippen LogP contribution in [0.15, 0.2) is 42.1 Å². The van der Waals surface area contributed by atoms with Crippen molar-refractivity contribution in [3.8, 4) is 0 Å². The summed E-state index contributed by atoms with van der Waals surface area (Å²) in [5, 5.41) is 6.87. The molecule has 3 aliphatic carbocycles. The molecule has 0 bridgehead atoms. The number of rotatable bonds is 6. The highest BCUT2D eigenvalue weighted by Crippen LogP contribution is 2.51. The van der Waals surface area contributed by atoms with E-state index in [1.807, 2.05) is 36.5 Å². The monoisotopic (exact) mass is 566 g/mol. The van der Waals surface area contributed by atoms with Crippen molar-refractivity contribution in [2.45, 2.75) is 81.5 Å². The first-order valence-electron chi connectivity index (χ1n) is 15.8. The maximum absolute atomic E-state index is 16.0. The summed E-state index contributed by atoms with van der Waals surface area (Å²) in [7, 11) is 0. The molecule has 9 unspecified atom stereocenters. The molecule has 41 heavy (non-hydrogen) atoms. The van der Waals surface area contributed by atoms with Gasteiger partial charge in [-0.05, 0) is 49.7 Å². The molecule has 3 saturated carbocycles. The minimum atomic E-state index is -1.23. The summed E-state index contributed by atoms with van der Waals surface area (Å²) >= 11 is 0. The van der Waals surface area contributed by atoms with Crippen LogP contribution in [0.5, 0.6) is 0 Å². The van der Waals surface area contributed by atoms with E-state index in [2.05, 4.69) is 15.5 Å². The summed E-state index contributed by atoms with van der Waals surface area (Å²) < 4.78 is 28.4. The van der Waals surface area contributed by atoms with Gasteiger partial charge in [0.2, 0.25) is 0 Å². The Morgan fingerprint density at radius 3 is 2.63 bits per heavy atom. The summed E-state index contributed by atoms with van der Waals surface area (Å²) in [5.41, 5.74) is 1.26.